The zero-order valence-electron chi connectivity index (χ0n) is 15.2. The minimum atomic E-state index is -0.0494. The summed E-state index contributed by atoms with van der Waals surface area (Å²) in [5.41, 5.74) is 2.82. The third-order valence-electron chi connectivity index (χ3n) is 5.18. The van der Waals surface area contributed by atoms with Crippen molar-refractivity contribution in [2.45, 2.75) is 19.5 Å². The van der Waals surface area contributed by atoms with Gasteiger partial charge >= 0.3 is 0 Å². The minimum absolute atomic E-state index is 0.0494. The van der Waals surface area contributed by atoms with E-state index in [0.29, 0.717) is 5.56 Å². The molecule has 2 aromatic carbocycles. The number of carbonyl (C=O) groups excluding carboxylic acids is 1. The van der Waals surface area contributed by atoms with Gasteiger partial charge in [0.1, 0.15) is 32.7 Å². The number of hydrogen-bond acceptors (Lipinski definition) is 2. The zero-order chi connectivity index (χ0) is 18.4. The molecule has 2 aromatic rings. The predicted molar refractivity (Wildman–Crippen MR) is 101 cm³/mol. The molecule has 3 rings (SSSR count). The molecule has 0 unspecified atom stereocenters. The summed E-state index contributed by atoms with van der Waals surface area (Å²) in [4.78, 5) is 15.4. The average Bonchev–Trinajstić information content (AvgIpc) is 2.69. The molecule has 1 heterocycles. The maximum atomic E-state index is 12.5. The van der Waals surface area contributed by atoms with Gasteiger partial charge in [-0.1, -0.05) is 30.3 Å². The summed E-state index contributed by atoms with van der Waals surface area (Å²) in [6, 6.07) is 19.6. The van der Waals surface area contributed by atoms with Crippen LogP contribution >= 0.6 is 0 Å². The second-order valence-electron chi connectivity index (χ2n) is 6.97. The first kappa shape index (κ1) is 18.1. The lowest BCUT2D eigenvalue weighted by atomic mass is 10.1. The molecule has 0 aromatic heterocycles. The van der Waals surface area contributed by atoms with Crippen LogP contribution in [0.4, 0.5) is 5.69 Å². The van der Waals surface area contributed by atoms with Crippen LogP contribution in [0.3, 0.4) is 0 Å². The molecule has 0 aliphatic carbocycles. The third-order valence-corrected chi connectivity index (χ3v) is 5.18. The highest BCUT2D eigenvalue weighted by Crippen LogP contribution is 2.05. The normalized spacial score (nSPS) is 20.8. The Morgan fingerprint density at radius 2 is 1.73 bits per heavy atom. The Labute approximate surface area is 154 Å². The summed E-state index contributed by atoms with van der Waals surface area (Å²) in [7, 11) is 0. The Hall–Kier alpha value is -2.68. The van der Waals surface area contributed by atoms with E-state index >= 15 is 0 Å². The van der Waals surface area contributed by atoms with Gasteiger partial charge in [0.15, 0.2) is 6.04 Å². The molecule has 1 aliphatic heterocycles. The van der Waals surface area contributed by atoms with Crippen molar-refractivity contribution in [3.05, 3.63) is 65.7 Å². The molecule has 1 amide bonds. The maximum Gasteiger partial charge on any atom is 0.282 e. The molecule has 5 nitrogen and oxygen atoms in total. The summed E-state index contributed by atoms with van der Waals surface area (Å²) in [6.07, 6.45) is 0. The van der Waals surface area contributed by atoms with Crippen LogP contribution in [-0.4, -0.2) is 38.1 Å². The van der Waals surface area contributed by atoms with Gasteiger partial charge in [0, 0.05) is 11.3 Å². The van der Waals surface area contributed by atoms with Gasteiger partial charge in [-0.15, -0.1) is 0 Å². The number of amides is 1. The van der Waals surface area contributed by atoms with Crippen LogP contribution in [0.25, 0.3) is 0 Å². The molecule has 3 N–H and O–H groups in total. The van der Waals surface area contributed by atoms with Gasteiger partial charge in [0.25, 0.3) is 5.91 Å². The lowest BCUT2D eigenvalue weighted by Gasteiger charge is -2.32. The zero-order valence-corrected chi connectivity index (χ0v) is 15.2. The first-order valence-electron chi connectivity index (χ1n) is 9.19. The van der Waals surface area contributed by atoms with E-state index in [1.54, 1.807) is 0 Å². The third kappa shape index (κ3) is 4.69. The molecular weight excluding hydrogens is 324 g/mol. The second kappa shape index (κ2) is 8.61. The van der Waals surface area contributed by atoms with Crippen molar-refractivity contribution in [3.8, 4) is 6.07 Å². The van der Waals surface area contributed by atoms with E-state index in [2.05, 4.69) is 11.4 Å². The van der Waals surface area contributed by atoms with Gasteiger partial charge in [-0.25, -0.2) is 0 Å². The van der Waals surface area contributed by atoms with E-state index in [-0.39, 0.29) is 11.9 Å². The van der Waals surface area contributed by atoms with E-state index in [0.717, 1.165) is 38.4 Å². The fourth-order valence-electron chi connectivity index (χ4n) is 3.48. The summed E-state index contributed by atoms with van der Waals surface area (Å²) in [5.74, 6) is 0.0849. The van der Waals surface area contributed by atoms with Gasteiger partial charge in [0.05, 0.1) is 11.6 Å². The number of hydrogen-bond donors (Lipinski definition) is 3. The maximum absolute atomic E-state index is 12.5. The Kier molecular flexibility index (Phi) is 6.00. The standard InChI is InChI=1S/C21H24N4O/c1-17(21(26)23-20-5-3-2-4-6-20)25-13-11-24(12-14-25)16-19-9-7-18(15-22)8-10-19/h2-10,17H,11-14,16H2,1H3,(H,23,26)/p+2/t17-/m0/s1. The fraction of sp³-hybridized carbons (Fsp3) is 0.333. The van der Waals surface area contributed by atoms with Crippen LogP contribution in [0.1, 0.15) is 18.1 Å². The van der Waals surface area contributed by atoms with E-state index in [1.807, 2.05) is 61.5 Å². The van der Waals surface area contributed by atoms with Crippen LogP contribution in [0.5, 0.6) is 0 Å². The lowest BCUT2D eigenvalue weighted by molar-refractivity contribution is -1.02. The minimum Gasteiger partial charge on any atom is -0.322 e. The van der Waals surface area contributed by atoms with E-state index < -0.39 is 0 Å². The average molecular weight is 350 g/mol. The number of carbonyl (C=O) groups is 1. The molecule has 1 atom stereocenters. The SMILES string of the molecule is C[C@@H](C(=O)Nc1ccccc1)[NH+]1CC[NH+](Cc2ccc(C#N)cc2)CC1. The van der Waals surface area contributed by atoms with Crippen molar-refractivity contribution >= 4 is 11.6 Å². The first-order valence-corrected chi connectivity index (χ1v) is 9.19. The number of nitrogens with one attached hydrogen (secondary N) is 3. The van der Waals surface area contributed by atoms with Crippen LogP contribution in [-0.2, 0) is 11.3 Å². The molecule has 0 radical (unpaired) electrons. The first-order chi connectivity index (χ1) is 12.7. The lowest BCUT2D eigenvalue weighted by Crippen LogP contribution is -3.29. The number of anilines is 1. The molecule has 1 saturated heterocycles. The highest BCUT2D eigenvalue weighted by molar-refractivity contribution is 5.93. The van der Waals surface area contributed by atoms with Crippen LogP contribution in [0.15, 0.2) is 54.6 Å². The van der Waals surface area contributed by atoms with Crippen molar-refractivity contribution in [1.29, 1.82) is 5.26 Å². The van der Waals surface area contributed by atoms with E-state index in [9.17, 15) is 4.79 Å². The Morgan fingerprint density at radius 3 is 2.35 bits per heavy atom. The van der Waals surface area contributed by atoms with Crippen LogP contribution in [0, 0.1) is 11.3 Å². The Balaban J connectivity index is 1.48. The smallest absolute Gasteiger partial charge is 0.282 e. The Morgan fingerprint density at radius 1 is 1.08 bits per heavy atom. The molecule has 134 valence electrons. The molecule has 26 heavy (non-hydrogen) atoms. The highest BCUT2D eigenvalue weighted by Gasteiger charge is 2.31. The van der Waals surface area contributed by atoms with Gasteiger partial charge in [-0.2, -0.15) is 5.26 Å². The Bertz CT molecular complexity index is 759. The number of quaternary nitrogens is 2. The van der Waals surface area contributed by atoms with Gasteiger partial charge in [-0.05, 0) is 31.2 Å². The molecule has 0 saturated carbocycles. The van der Waals surface area contributed by atoms with Crippen molar-refractivity contribution in [1.82, 2.24) is 0 Å². The number of rotatable bonds is 5. The number of nitrogens with zero attached hydrogens (tertiary/aromatic N) is 1. The van der Waals surface area contributed by atoms with Crippen LogP contribution in [0.2, 0.25) is 0 Å². The molecule has 1 aliphatic rings. The highest BCUT2D eigenvalue weighted by atomic mass is 16.2. The molecule has 0 spiro atoms. The summed E-state index contributed by atoms with van der Waals surface area (Å²) < 4.78 is 0. The van der Waals surface area contributed by atoms with Crippen LogP contribution < -0.4 is 15.1 Å². The number of nitriles is 1. The quantitative estimate of drug-likeness (QED) is 0.703. The molecular formula is C21H26N4O+2. The second-order valence-corrected chi connectivity index (χ2v) is 6.97. The van der Waals surface area contributed by atoms with Gasteiger partial charge < -0.3 is 15.1 Å². The van der Waals surface area contributed by atoms with E-state index in [1.165, 1.54) is 15.4 Å². The topological polar surface area (TPSA) is 61.8 Å². The fourth-order valence-corrected chi connectivity index (χ4v) is 3.48. The number of para-hydroxylation sites is 1. The van der Waals surface area contributed by atoms with Gasteiger partial charge in [0.2, 0.25) is 0 Å². The molecule has 5 heteroatoms. The summed E-state index contributed by atoms with van der Waals surface area (Å²) >= 11 is 0. The summed E-state index contributed by atoms with van der Waals surface area (Å²) in [5, 5.41) is 11.9. The van der Waals surface area contributed by atoms with Crippen molar-refractivity contribution in [2.24, 2.45) is 0 Å². The molecule has 0 bridgehead atoms. The largest absolute Gasteiger partial charge is 0.322 e. The summed E-state index contributed by atoms with van der Waals surface area (Å²) in [6.45, 7) is 7.09. The predicted octanol–water partition coefficient (Wildman–Crippen LogP) is -0.131. The monoisotopic (exact) mass is 350 g/mol. The van der Waals surface area contributed by atoms with Crippen molar-refractivity contribution < 1.29 is 14.6 Å². The number of benzene rings is 2. The number of piperazine rings is 1. The van der Waals surface area contributed by atoms with Crippen molar-refractivity contribution in [2.75, 3.05) is 31.5 Å². The van der Waals surface area contributed by atoms with Gasteiger partial charge in [-0.3, -0.25) is 4.79 Å². The van der Waals surface area contributed by atoms with E-state index in [4.69, 9.17) is 5.26 Å². The van der Waals surface area contributed by atoms with Crippen molar-refractivity contribution in [3.63, 3.8) is 0 Å². The molecule has 1 fully saturated rings.